The van der Waals surface area contributed by atoms with Crippen LogP contribution in [0.1, 0.15) is 6.42 Å². The Morgan fingerprint density at radius 1 is 1.59 bits per heavy atom. The van der Waals surface area contributed by atoms with Gasteiger partial charge in [0.2, 0.25) is 5.91 Å². The number of carboxylic acids is 1. The van der Waals surface area contributed by atoms with Gasteiger partial charge in [0.15, 0.2) is 0 Å². The van der Waals surface area contributed by atoms with Gasteiger partial charge in [0, 0.05) is 12.5 Å². The van der Waals surface area contributed by atoms with Crippen LogP contribution in [0, 0.1) is 18.3 Å². The highest BCUT2D eigenvalue weighted by Gasteiger charge is 2.34. The summed E-state index contributed by atoms with van der Waals surface area (Å²) in [6, 6.07) is -1.12. The van der Waals surface area contributed by atoms with E-state index in [1.807, 2.05) is 0 Å². The van der Waals surface area contributed by atoms with Crippen molar-refractivity contribution in [2.24, 2.45) is 5.92 Å². The molecule has 0 aromatic heterocycles. The zero-order valence-corrected chi connectivity index (χ0v) is 9.60. The van der Waals surface area contributed by atoms with Crippen LogP contribution >= 0.6 is 0 Å². The summed E-state index contributed by atoms with van der Waals surface area (Å²) in [4.78, 5) is 22.7. The zero-order chi connectivity index (χ0) is 12.8. The first kappa shape index (κ1) is 13.5. The topological polar surface area (TPSA) is 87.7 Å². The first-order valence-electron chi connectivity index (χ1n) is 5.31. The summed E-state index contributed by atoms with van der Waals surface area (Å²) in [6.07, 6.45) is 5.02. The number of hydrogen-bond acceptors (Lipinski definition) is 4. The highest BCUT2D eigenvalue weighted by molar-refractivity contribution is 5.85. The van der Waals surface area contributed by atoms with E-state index in [1.165, 1.54) is 0 Å². The number of amides is 1. The van der Waals surface area contributed by atoms with Crippen LogP contribution in [0.25, 0.3) is 0 Å². The highest BCUT2D eigenvalue weighted by Crippen LogP contribution is 2.13. The van der Waals surface area contributed by atoms with Crippen LogP contribution < -0.4 is 10.6 Å². The molecule has 3 atom stereocenters. The molecule has 1 fully saturated rings. The number of nitrogens with one attached hydrogen (secondary N) is 2. The molecule has 6 heteroatoms. The average molecular weight is 240 g/mol. The lowest BCUT2D eigenvalue weighted by Crippen LogP contribution is -2.48. The minimum Gasteiger partial charge on any atom is -0.480 e. The Morgan fingerprint density at radius 2 is 2.29 bits per heavy atom. The maximum atomic E-state index is 11.8. The van der Waals surface area contributed by atoms with E-state index >= 15 is 0 Å². The summed E-state index contributed by atoms with van der Waals surface area (Å²) in [5.41, 5.74) is 0. The van der Waals surface area contributed by atoms with Crippen molar-refractivity contribution in [3.63, 3.8) is 0 Å². The molecule has 6 nitrogen and oxygen atoms in total. The Hall–Kier alpha value is -1.58. The van der Waals surface area contributed by atoms with Crippen LogP contribution in [-0.4, -0.2) is 49.3 Å². The van der Waals surface area contributed by atoms with E-state index in [0.29, 0.717) is 13.2 Å². The Morgan fingerprint density at radius 3 is 2.82 bits per heavy atom. The molecule has 0 aromatic carbocycles. The van der Waals surface area contributed by atoms with E-state index in [4.69, 9.17) is 16.3 Å². The molecule has 0 aromatic rings. The SMILES string of the molecule is C#CCC(NC(=O)C1COCC1NC)C(=O)O. The van der Waals surface area contributed by atoms with Gasteiger partial charge in [0.05, 0.1) is 19.1 Å². The van der Waals surface area contributed by atoms with Gasteiger partial charge in [0.1, 0.15) is 6.04 Å². The first-order valence-corrected chi connectivity index (χ1v) is 5.31. The molecule has 0 saturated carbocycles. The van der Waals surface area contributed by atoms with Gasteiger partial charge >= 0.3 is 5.97 Å². The molecule has 1 amide bonds. The molecule has 0 aliphatic carbocycles. The Bertz CT molecular complexity index is 337. The fourth-order valence-electron chi connectivity index (χ4n) is 1.69. The lowest BCUT2D eigenvalue weighted by atomic mass is 10.0. The van der Waals surface area contributed by atoms with Crippen molar-refractivity contribution in [1.29, 1.82) is 0 Å². The Kier molecular flexibility index (Phi) is 4.94. The molecule has 17 heavy (non-hydrogen) atoms. The summed E-state index contributed by atoms with van der Waals surface area (Å²) in [7, 11) is 1.73. The number of carboxylic acid groups (broad SMARTS) is 1. The van der Waals surface area contributed by atoms with Gasteiger partial charge in [-0.25, -0.2) is 4.79 Å². The number of hydrogen-bond donors (Lipinski definition) is 3. The van der Waals surface area contributed by atoms with Crippen molar-refractivity contribution >= 4 is 11.9 Å². The third kappa shape index (κ3) is 3.44. The summed E-state index contributed by atoms with van der Waals surface area (Å²) in [5, 5.41) is 14.2. The van der Waals surface area contributed by atoms with Crippen LogP contribution in [0.15, 0.2) is 0 Å². The number of likely N-dealkylation sites (N-methyl/N-ethyl adjacent to an activating group) is 1. The second kappa shape index (κ2) is 6.23. The van der Waals surface area contributed by atoms with Crippen LogP contribution in [-0.2, 0) is 14.3 Å². The maximum absolute atomic E-state index is 11.8. The van der Waals surface area contributed by atoms with Crippen LogP contribution in [0.3, 0.4) is 0 Å². The fourth-order valence-corrected chi connectivity index (χ4v) is 1.69. The first-order chi connectivity index (χ1) is 8.10. The minimum absolute atomic E-state index is 0.0289. The molecule has 1 saturated heterocycles. The lowest BCUT2D eigenvalue weighted by molar-refractivity contribution is -0.142. The number of rotatable bonds is 5. The van der Waals surface area contributed by atoms with Crippen LogP contribution in [0.4, 0.5) is 0 Å². The summed E-state index contributed by atoms with van der Waals surface area (Å²) in [5.74, 6) is 0.381. The van der Waals surface area contributed by atoms with E-state index in [0.717, 1.165) is 0 Å². The summed E-state index contributed by atoms with van der Waals surface area (Å²) < 4.78 is 5.17. The molecule has 0 spiro atoms. The number of carbonyl (C=O) groups excluding carboxylic acids is 1. The largest absolute Gasteiger partial charge is 0.480 e. The molecule has 94 valence electrons. The molecular formula is C11H16N2O4. The lowest BCUT2D eigenvalue weighted by Gasteiger charge is -2.19. The molecule has 1 rings (SSSR count). The third-order valence-corrected chi connectivity index (χ3v) is 2.72. The van der Waals surface area contributed by atoms with E-state index in [1.54, 1.807) is 7.05 Å². The van der Waals surface area contributed by atoms with E-state index in [2.05, 4.69) is 16.6 Å². The van der Waals surface area contributed by atoms with E-state index in [-0.39, 0.29) is 24.3 Å². The molecule has 1 heterocycles. The predicted octanol–water partition coefficient (Wildman–Crippen LogP) is -1.19. The van der Waals surface area contributed by atoms with Crippen molar-refractivity contribution in [3.8, 4) is 12.3 Å². The summed E-state index contributed by atoms with van der Waals surface area (Å²) in [6.45, 7) is 0.737. The standard InChI is InChI=1S/C11H16N2O4/c1-3-4-8(11(15)16)13-10(14)7-5-17-6-9(7)12-2/h1,7-9,12H,4-6H2,2H3,(H,13,14)(H,15,16). The minimum atomic E-state index is -1.13. The zero-order valence-electron chi connectivity index (χ0n) is 9.60. The maximum Gasteiger partial charge on any atom is 0.327 e. The van der Waals surface area contributed by atoms with Crippen molar-refractivity contribution < 1.29 is 19.4 Å². The van der Waals surface area contributed by atoms with Gasteiger partial charge in [-0.1, -0.05) is 0 Å². The normalized spacial score (nSPS) is 24.9. The Balaban J connectivity index is 2.58. The van der Waals surface area contributed by atoms with Gasteiger partial charge in [-0.2, -0.15) is 0 Å². The van der Waals surface area contributed by atoms with Crippen molar-refractivity contribution in [3.05, 3.63) is 0 Å². The van der Waals surface area contributed by atoms with Gasteiger partial charge in [-0.15, -0.1) is 12.3 Å². The molecule has 0 radical (unpaired) electrons. The number of ether oxygens (including phenoxy) is 1. The van der Waals surface area contributed by atoms with Crippen molar-refractivity contribution in [1.82, 2.24) is 10.6 Å². The Labute approximate surface area is 99.7 Å². The van der Waals surface area contributed by atoms with Crippen LogP contribution in [0.5, 0.6) is 0 Å². The summed E-state index contributed by atoms with van der Waals surface area (Å²) >= 11 is 0. The predicted molar refractivity (Wildman–Crippen MR) is 60.2 cm³/mol. The molecule has 3 N–H and O–H groups in total. The van der Waals surface area contributed by atoms with E-state index < -0.39 is 12.0 Å². The van der Waals surface area contributed by atoms with Crippen molar-refractivity contribution in [2.75, 3.05) is 20.3 Å². The molecule has 1 aliphatic heterocycles. The molecule has 0 bridgehead atoms. The van der Waals surface area contributed by atoms with Gasteiger partial charge < -0.3 is 20.5 Å². The number of aliphatic carboxylic acids is 1. The van der Waals surface area contributed by atoms with Crippen LogP contribution in [0.2, 0.25) is 0 Å². The smallest absolute Gasteiger partial charge is 0.327 e. The fraction of sp³-hybridized carbons (Fsp3) is 0.636. The molecule has 3 unspecified atom stereocenters. The van der Waals surface area contributed by atoms with Gasteiger partial charge in [-0.05, 0) is 7.05 Å². The average Bonchev–Trinajstić information content (AvgIpc) is 2.76. The van der Waals surface area contributed by atoms with E-state index in [9.17, 15) is 9.59 Å². The number of carbonyl (C=O) groups is 2. The third-order valence-electron chi connectivity index (χ3n) is 2.72. The highest BCUT2D eigenvalue weighted by atomic mass is 16.5. The second-order valence-corrected chi connectivity index (χ2v) is 3.85. The van der Waals surface area contributed by atoms with Gasteiger partial charge in [-0.3, -0.25) is 4.79 Å². The van der Waals surface area contributed by atoms with Gasteiger partial charge in [0.25, 0.3) is 0 Å². The molecule has 1 aliphatic rings. The molecular weight excluding hydrogens is 224 g/mol. The quantitative estimate of drug-likeness (QED) is 0.526. The second-order valence-electron chi connectivity index (χ2n) is 3.85. The number of terminal acetylenes is 1. The van der Waals surface area contributed by atoms with Crippen molar-refractivity contribution in [2.45, 2.75) is 18.5 Å². The monoisotopic (exact) mass is 240 g/mol.